The Bertz CT molecular complexity index is 537. The summed E-state index contributed by atoms with van der Waals surface area (Å²) in [5.74, 6) is -5.41. The number of sulfone groups is 1. The SMILES string of the molecule is CS(=O)(=O)c1ccccc1C(F)(F)CC(=O)O. The maximum atomic E-state index is 13.6. The van der Waals surface area contributed by atoms with E-state index in [0.717, 1.165) is 18.4 Å². The highest BCUT2D eigenvalue weighted by Gasteiger charge is 2.38. The van der Waals surface area contributed by atoms with E-state index < -0.39 is 38.6 Å². The van der Waals surface area contributed by atoms with Crippen LogP contribution in [0.1, 0.15) is 12.0 Å². The van der Waals surface area contributed by atoms with E-state index in [4.69, 9.17) is 5.11 Å². The lowest BCUT2D eigenvalue weighted by Crippen LogP contribution is -2.21. The van der Waals surface area contributed by atoms with Gasteiger partial charge < -0.3 is 5.11 Å². The second-order valence-corrected chi connectivity index (χ2v) is 5.53. The highest BCUT2D eigenvalue weighted by atomic mass is 32.2. The second-order valence-electron chi connectivity index (χ2n) is 3.54. The first kappa shape index (κ1) is 13.6. The summed E-state index contributed by atoms with van der Waals surface area (Å²) >= 11 is 0. The molecule has 0 radical (unpaired) electrons. The van der Waals surface area contributed by atoms with Gasteiger partial charge in [0.1, 0.15) is 6.42 Å². The summed E-state index contributed by atoms with van der Waals surface area (Å²) in [5.41, 5.74) is -0.787. The van der Waals surface area contributed by atoms with Crippen molar-refractivity contribution in [3.05, 3.63) is 29.8 Å². The molecule has 1 rings (SSSR count). The zero-order valence-electron chi connectivity index (χ0n) is 8.85. The third-order valence-electron chi connectivity index (χ3n) is 2.05. The molecule has 0 bridgehead atoms. The van der Waals surface area contributed by atoms with E-state index in [9.17, 15) is 22.0 Å². The number of rotatable bonds is 4. The normalized spacial score (nSPS) is 12.4. The van der Waals surface area contributed by atoms with Gasteiger partial charge in [0.05, 0.1) is 4.90 Å². The summed E-state index contributed by atoms with van der Waals surface area (Å²) < 4.78 is 49.7. The molecule has 0 aromatic heterocycles. The first-order valence-electron chi connectivity index (χ1n) is 4.54. The molecule has 4 nitrogen and oxygen atoms in total. The van der Waals surface area contributed by atoms with Crippen LogP contribution in [0.25, 0.3) is 0 Å². The van der Waals surface area contributed by atoms with Gasteiger partial charge in [-0.05, 0) is 6.07 Å². The number of hydrogen-bond acceptors (Lipinski definition) is 3. The number of hydrogen-bond donors (Lipinski definition) is 1. The lowest BCUT2D eigenvalue weighted by atomic mass is 10.1. The summed E-state index contributed by atoms with van der Waals surface area (Å²) in [6.45, 7) is 0. The summed E-state index contributed by atoms with van der Waals surface area (Å²) in [6, 6.07) is 4.48. The molecule has 1 aromatic carbocycles. The Morgan fingerprint density at radius 2 is 1.88 bits per heavy atom. The van der Waals surface area contributed by atoms with Crippen LogP contribution >= 0.6 is 0 Å². The van der Waals surface area contributed by atoms with Crippen molar-refractivity contribution in [2.75, 3.05) is 6.26 Å². The Balaban J connectivity index is 3.37. The number of carbonyl (C=O) groups is 1. The van der Waals surface area contributed by atoms with Gasteiger partial charge in [0, 0.05) is 11.8 Å². The molecule has 0 aliphatic carbocycles. The molecular weight excluding hydrogens is 254 g/mol. The number of carboxylic acid groups (broad SMARTS) is 1. The molecular formula is C10H10F2O4S. The molecule has 0 saturated carbocycles. The largest absolute Gasteiger partial charge is 0.481 e. The summed E-state index contributed by atoms with van der Waals surface area (Å²) in [4.78, 5) is 9.77. The van der Waals surface area contributed by atoms with Crippen molar-refractivity contribution >= 4 is 15.8 Å². The van der Waals surface area contributed by atoms with Crippen LogP contribution in [-0.2, 0) is 20.6 Å². The molecule has 0 amide bonds. The summed E-state index contributed by atoms with van der Waals surface area (Å²) in [5, 5.41) is 8.37. The minimum atomic E-state index is -3.83. The van der Waals surface area contributed by atoms with Crippen molar-refractivity contribution in [2.45, 2.75) is 17.2 Å². The topological polar surface area (TPSA) is 71.4 Å². The average Bonchev–Trinajstić information content (AvgIpc) is 2.14. The molecule has 0 aliphatic rings. The van der Waals surface area contributed by atoms with Crippen molar-refractivity contribution in [2.24, 2.45) is 0 Å². The van der Waals surface area contributed by atoms with Crippen molar-refractivity contribution in [3.8, 4) is 0 Å². The molecule has 1 aromatic rings. The summed E-state index contributed by atoms with van der Waals surface area (Å²) in [6.07, 6.45) is -0.651. The van der Waals surface area contributed by atoms with E-state index in [-0.39, 0.29) is 0 Å². The van der Waals surface area contributed by atoms with Gasteiger partial charge in [-0.15, -0.1) is 0 Å². The van der Waals surface area contributed by atoms with Gasteiger partial charge in [-0.25, -0.2) is 17.2 Å². The number of carboxylic acids is 1. The monoisotopic (exact) mass is 264 g/mol. The van der Waals surface area contributed by atoms with Crippen LogP contribution < -0.4 is 0 Å². The Hall–Kier alpha value is -1.50. The van der Waals surface area contributed by atoms with Crippen LogP contribution in [0.5, 0.6) is 0 Å². The van der Waals surface area contributed by atoms with E-state index in [1.165, 1.54) is 12.1 Å². The van der Waals surface area contributed by atoms with Crippen LogP contribution in [0.2, 0.25) is 0 Å². The summed E-state index contributed by atoms with van der Waals surface area (Å²) in [7, 11) is -3.83. The first-order valence-corrected chi connectivity index (χ1v) is 6.43. The number of halogens is 2. The van der Waals surface area contributed by atoms with Gasteiger partial charge >= 0.3 is 5.97 Å². The number of benzene rings is 1. The van der Waals surface area contributed by atoms with Crippen molar-refractivity contribution < 1.29 is 27.1 Å². The smallest absolute Gasteiger partial charge is 0.309 e. The standard InChI is InChI=1S/C10H10F2O4S/c1-17(15,16)8-5-3-2-4-7(8)10(11,12)6-9(13)14/h2-5H,6H2,1H3,(H,13,14). The quantitative estimate of drug-likeness (QED) is 0.897. The molecule has 0 aliphatic heterocycles. The Morgan fingerprint density at radius 3 is 2.35 bits per heavy atom. The molecule has 0 saturated heterocycles. The van der Waals surface area contributed by atoms with Gasteiger partial charge in [0.25, 0.3) is 5.92 Å². The van der Waals surface area contributed by atoms with Crippen molar-refractivity contribution in [1.29, 1.82) is 0 Å². The maximum Gasteiger partial charge on any atom is 0.309 e. The van der Waals surface area contributed by atoms with Crippen LogP contribution in [0.15, 0.2) is 29.2 Å². The van der Waals surface area contributed by atoms with E-state index in [2.05, 4.69) is 0 Å². The lowest BCUT2D eigenvalue weighted by molar-refractivity contribution is -0.145. The van der Waals surface area contributed by atoms with E-state index in [1.807, 2.05) is 0 Å². The van der Waals surface area contributed by atoms with Crippen molar-refractivity contribution in [3.63, 3.8) is 0 Å². The highest BCUT2D eigenvalue weighted by Crippen LogP contribution is 2.35. The number of aliphatic carboxylic acids is 1. The van der Waals surface area contributed by atoms with Gasteiger partial charge in [-0.1, -0.05) is 18.2 Å². The predicted molar refractivity (Wildman–Crippen MR) is 55.7 cm³/mol. The zero-order chi connectivity index (χ0) is 13.3. The van der Waals surface area contributed by atoms with E-state index >= 15 is 0 Å². The molecule has 94 valence electrons. The van der Waals surface area contributed by atoms with Gasteiger partial charge in [-0.2, -0.15) is 0 Å². The molecule has 0 fully saturated rings. The number of alkyl halides is 2. The molecule has 0 atom stereocenters. The Kier molecular flexibility index (Phi) is 3.51. The van der Waals surface area contributed by atoms with Crippen LogP contribution in [-0.4, -0.2) is 25.7 Å². The first-order chi connectivity index (χ1) is 7.64. The average molecular weight is 264 g/mol. The highest BCUT2D eigenvalue weighted by molar-refractivity contribution is 7.90. The minimum absolute atomic E-state index is 0.550. The van der Waals surface area contributed by atoms with E-state index in [1.54, 1.807) is 0 Å². The lowest BCUT2D eigenvalue weighted by Gasteiger charge is -2.17. The molecule has 0 unspecified atom stereocenters. The molecule has 1 N–H and O–H groups in total. The fraction of sp³-hybridized carbons (Fsp3) is 0.300. The fourth-order valence-electron chi connectivity index (χ4n) is 1.38. The molecule has 0 heterocycles. The van der Waals surface area contributed by atoms with Gasteiger partial charge in [-0.3, -0.25) is 4.79 Å². The van der Waals surface area contributed by atoms with Crippen LogP contribution in [0, 0.1) is 0 Å². The minimum Gasteiger partial charge on any atom is -0.481 e. The predicted octanol–water partition coefficient (Wildman–Crippen LogP) is 1.66. The van der Waals surface area contributed by atoms with Crippen LogP contribution in [0.3, 0.4) is 0 Å². The maximum absolute atomic E-state index is 13.6. The zero-order valence-corrected chi connectivity index (χ0v) is 9.67. The van der Waals surface area contributed by atoms with E-state index in [0.29, 0.717) is 0 Å². The Morgan fingerprint density at radius 1 is 1.35 bits per heavy atom. The molecule has 17 heavy (non-hydrogen) atoms. The second kappa shape index (κ2) is 4.40. The van der Waals surface area contributed by atoms with Crippen LogP contribution in [0.4, 0.5) is 8.78 Å². The fourth-order valence-corrected chi connectivity index (χ4v) is 2.32. The third kappa shape index (κ3) is 3.23. The molecule has 0 spiro atoms. The Labute approximate surface area is 96.8 Å². The van der Waals surface area contributed by atoms with Gasteiger partial charge in [0.2, 0.25) is 0 Å². The molecule has 7 heteroatoms. The van der Waals surface area contributed by atoms with Crippen molar-refractivity contribution in [1.82, 2.24) is 0 Å². The van der Waals surface area contributed by atoms with Gasteiger partial charge in [0.15, 0.2) is 9.84 Å². The third-order valence-corrected chi connectivity index (χ3v) is 3.21.